The molecule has 0 heterocycles. The highest BCUT2D eigenvalue weighted by Gasteiger charge is 2.07. The Morgan fingerprint density at radius 3 is 1.00 bits per heavy atom. The molecule has 0 aliphatic heterocycles. The second-order valence-corrected chi connectivity index (χ2v) is 10.4. The normalized spacial score (nSPS) is 11.0. The molecule has 0 spiro atoms. The van der Waals surface area contributed by atoms with Crippen molar-refractivity contribution < 1.29 is 19.1 Å². The highest BCUT2D eigenvalue weighted by atomic mass is 16.5. The summed E-state index contributed by atoms with van der Waals surface area (Å²) in [5.74, 6) is -0.399. The molecule has 208 valence electrons. The van der Waals surface area contributed by atoms with Crippen molar-refractivity contribution in [1.82, 2.24) is 0 Å². The van der Waals surface area contributed by atoms with Gasteiger partial charge in [-0.2, -0.15) is 0 Å². The number of ether oxygens (including phenoxy) is 2. The zero-order valence-electron chi connectivity index (χ0n) is 23.7. The van der Waals surface area contributed by atoms with Gasteiger partial charge in [0.05, 0.1) is 13.2 Å². The highest BCUT2D eigenvalue weighted by molar-refractivity contribution is 5.72. The quantitative estimate of drug-likeness (QED) is 0.0798. The molecule has 0 unspecified atom stereocenters. The van der Waals surface area contributed by atoms with Crippen LogP contribution in [0.15, 0.2) is 0 Å². The van der Waals surface area contributed by atoms with Crippen LogP contribution in [-0.2, 0) is 19.1 Å². The molecule has 0 radical (unpaired) electrons. The van der Waals surface area contributed by atoms with E-state index in [0.29, 0.717) is 32.5 Å². The van der Waals surface area contributed by atoms with Crippen molar-refractivity contribution in [1.29, 1.82) is 0 Å². The van der Waals surface area contributed by atoms with Crippen LogP contribution in [0.1, 0.15) is 174 Å². The molecule has 0 saturated heterocycles. The molecule has 0 rings (SSSR count). The zero-order valence-corrected chi connectivity index (χ0v) is 23.7. The number of rotatable bonds is 28. The molecule has 0 aliphatic rings. The van der Waals surface area contributed by atoms with E-state index in [2.05, 4.69) is 13.8 Å². The molecule has 0 bridgehead atoms. The summed E-state index contributed by atoms with van der Waals surface area (Å²) in [4.78, 5) is 23.2. The fourth-order valence-electron chi connectivity index (χ4n) is 4.40. The van der Waals surface area contributed by atoms with Gasteiger partial charge in [0.2, 0.25) is 0 Å². The summed E-state index contributed by atoms with van der Waals surface area (Å²) in [6, 6.07) is 0. The van der Waals surface area contributed by atoms with Crippen LogP contribution in [0.2, 0.25) is 0 Å². The summed E-state index contributed by atoms with van der Waals surface area (Å²) in [6.07, 6.45) is 30.3. The van der Waals surface area contributed by atoms with Gasteiger partial charge in [-0.3, -0.25) is 9.59 Å². The molecular formula is C31H60O4. The Morgan fingerprint density at radius 1 is 0.371 bits per heavy atom. The van der Waals surface area contributed by atoms with Gasteiger partial charge in [-0.15, -0.1) is 0 Å². The van der Waals surface area contributed by atoms with Gasteiger partial charge in [0, 0.05) is 12.8 Å². The monoisotopic (exact) mass is 496 g/mol. The second-order valence-electron chi connectivity index (χ2n) is 10.4. The Kier molecular flexibility index (Phi) is 28.3. The van der Waals surface area contributed by atoms with Gasteiger partial charge in [-0.1, -0.05) is 142 Å². The van der Waals surface area contributed by atoms with Crippen LogP contribution in [0.4, 0.5) is 0 Å². The first-order valence-corrected chi connectivity index (χ1v) is 15.5. The lowest BCUT2D eigenvalue weighted by Gasteiger charge is -2.06. The summed E-state index contributed by atoms with van der Waals surface area (Å²) in [5.41, 5.74) is 0. The summed E-state index contributed by atoms with van der Waals surface area (Å²) < 4.78 is 10.3. The average Bonchev–Trinajstić information content (AvgIpc) is 2.85. The summed E-state index contributed by atoms with van der Waals surface area (Å²) in [7, 11) is 0. The topological polar surface area (TPSA) is 52.6 Å². The van der Waals surface area contributed by atoms with Crippen LogP contribution in [-0.4, -0.2) is 25.2 Å². The van der Waals surface area contributed by atoms with Gasteiger partial charge in [-0.05, 0) is 19.3 Å². The van der Waals surface area contributed by atoms with E-state index in [0.717, 1.165) is 25.7 Å². The third kappa shape index (κ3) is 29.1. The maximum absolute atomic E-state index is 11.7. The largest absolute Gasteiger partial charge is 0.466 e. The van der Waals surface area contributed by atoms with Gasteiger partial charge >= 0.3 is 11.9 Å². The fraction of sp³-hybridized carbons (Fsp3) is 0.935. The van der Waals surface area contributed by atoms with E-state index < -0.39 is 0 Å². The van der Waals surface area contributed by atoms with Gasteiger partial charge in [0.1, 0.15) is 0 Å². The first kappa shape index (κ1) is 33.9. The predicted octanol–water partition coefficient (Wildman–Crippen LogP) is 9.87. The number of hydrogen-bond acceptors (Lipinski definition) is 4. The number of carbonyl (C=O) groups is 2. The maximum Gasteiger partial charge on any atom is 0.305 e. The lowest BCUT2D eigenvalue weighted by atomic mass is 10.0. The molecule has 0 aromatic heterocycles. The Hall–Kier alpha value is -1.06. The van der Waals surface area contributed by atoms with E-state index >= 15 is 0 Å². The molecule has 0 aromatic carbocycles. The van der Waals surface area contributed by atoms with Gasteiger partial charge in [0.15, 0.2) is 0 Å². The molecular weight excluding hydrogens is 436 g/mol. The Balaban J connectivity index is 3.17. The number of hydrogen-bond donors (Lipinski definition) is 0. The predicted molar refractivity (Wildman–Crippen MR) is 149 cm³/mol. The van der Waals surface area contributed by atoms with Crippen molar-refractivity contribution in [3.63, 3.8) is 0 Å². The number of esters is 2. The smallest absolute Gasteiger partial charge is 0.305 e. The Labute approximate surface area is 218 Å². The van der Waals surface area contributed by atoms with Crippen LogP contribution in [0.3, 0.4) is 0 Å². The average molecular weight is 497 g/mol. The van der Waals surface area contributed by atoms with Crippen LogP contribution in [0.25, 0.3) is 0 Å². The molecule has 0 aromatic rings. The summed E-state index contributed by atoms with van der Waals surface area (Å²) in [6.45, 7) is 5.35. The zero-order chi connectivity index (χ0) is 25.7. The third-order valence-corrected chi connectivity index (χ3v) is 6.78. The third-order valence-electron chi connectivity index (χ3n) is 6.78. The van der Waals surface area contributed by atoms with Gasteiger partial charge in [-0.25, -0.2) is 0 Å². The van der Waals surface area contributed by atoms with Crippen molar-refractivity contribution in [2.75, 3.05) is 13.2 Å². The SMILES string of the molecule is CCCCCCCCCCCCCCCCCCCCCCOC(=O)CCCC(=O)OCCCC. The van der Waals surface area contributed by atoms with E-state index in [9.17, 15) is 9.59 Å². The van der Waals surface area contributed by atoms with Crippen molar-refractivity contribution in [3.8, 4) is 0 Å². The molecule has 4 nitrogen and oxygen atoms in total. The number of unbranched alkanes of at least 4 members (excludes halogenated alkanes) is 20. The maximum atomic E-state index is 11.7. The minimum atomic E-state index is -0.208. The van der Waals surface area contributed by atoms with Crippen LogP contribution in [0.5, 0.6) is 0 Å². The van der Waals surface area contributed by atoms with E-state index in [1.165, 1.54) is 116 Å². The molecule has 0 aliphatic carbocycles. The molecule has 0 fully saturated rings. The first-order valence-electron chi connectivity index (χ1n) is 15.5. The van der Waals surface area contributed by atoms with E-state index in [1.807, 2.05) is 0 Å². The van der Waals surface area contributed by atoms with Crippen LogP contribution in [0, 0.1) is 0 Å². The fourth-order valence-corrected chi connectivity index (χ4v) is 4.40. The van der Waals surface area contributed by atoms with E-state index in [1.54, 1.807) is 0 Å². The van der Waals surface area contributed by atoms with Crippen LogP contribution < -0.4 is 0 Å². The molecule has 0 amide bonds. The van der Waals surface area contributed by atoms with Crippen molar-refractivity contribution in [3.05, 3.63) is 0 Å². The van der Waals surface area contributed by atoms with Crippen molar-refractivity contribution in [2.45, 2.75) is 174 Å². The first-order chi connectivity index (χ1) is 17.2. The molecule has 0 N–H and O–H groups in total. The Bertz CT molecular complexity index is 449. The molecule has 0 saturated carbocycles. The van der Waals surface area contributed by atoms with Crippen molar-refractivity contribution >= 4 is 11.9 Å². The summed E-state index contributed by atoms with van der Waals surface area (Å²) >= 11 is 0. The number of carbonyl (C=O) groups excluding carboxylic acids is 2. The minimum Gasteiger partial charge on any atom is -0.466 e. The van der Waals surface area contributed by atoms with Crippen molar-refractivity contribution in [2.24, 2.45) is 0 Å². The standard InChI is InChI=1S/C31H60O4/c1-3-5-7-8-9-10-11-12-13-14-15-16-17-18-19-20-21-22-23-24-29-35-31(33)27-25-26-30(32)34-28-6-4-2/h3-29H2,1-2H3. The lowest BCUT2D eigenvalue weighted by Crippen LogP contribution is -2.09. The van der Waals surface area contributed by atoms with Gasteiger partial charge in [0.25, 0.3) is 0 Å². The second kappa shape index (κ2) is 29.2. The van der Waals surface area contributed by atoms with E-state index in [4.69, 9.17) is 9.47 Å². The molecule has 4 heteroatoms. The highest BCUT2D eigenvalue weighted by Crippen LogP contribution is 2.15. The van der Waals surface area contributed by atoms with Crippen LogP contribution >= 0.6 is 0 Å². The van der Waals surface area contributed by atoms with E-state index in [-0.39, 0.29) is 11.9 Å². The molecule has 0 atom stereocenters. The summed E-state index contributed by atoms with van der Waals surface area (Å²) in [5, 5.41) is 0. The Morgan fingerprint density at radius 2 is 0.657 bits per heavy atom. The van der Waals surface area contributed by atoms with Gasteiger partial charge < -0.3 is 9.47 Å². The lowest BCUT2D eigenvalue weighted by molar-refractivity contribution is -0.145. The molecule has 35 heavy (non-hydrogen) atoms. The minimum absolute atomic E-state index is 0.191.